The lowest BCUT2D eigenvalue weighted by molar-refractivity contribution is -0.150. The molecule has 4 heteroatoms. The predicted octanol–water partition coefficient (Wildman–Crippen LogP) is 1.19. The Morgan fingerprint density at radius 2 is 2.07 bits per heavy atom. The van der Waals surface area contributed by atoms with Gasteiger partial charge in [0.15, 0.2) is 12.4 Å². The summed E-state index contributed by atoms with van der Waals surface area (Å²) in [5.74, 6) is -0.983. The van der Waals surface area contributed by atoms with Crippen LogP contribution >= 0.6 is 0 Å². The van der Waals surface area contributed by atoms with E-state index in [1.807, 2.05) is 30.3 Å². The van der Waals surface area contributed by atoms with Crippen molar-refractivity contribution in [2.45, 2.75) is 12.4 Å². The van der Waals surface area contributed by atoms with Crippen LogP contribution in [0.5, 0.6) is 0 Å². The van der Waals surface area contributed by atoms with Crippen LogP contribution in [-0.2, 0) is 14.3 Å². The van der Waals surface area contributed by atoms with Gasteiger partial charge < -0.3 is 14.6 Å². The van der Waals surface area contributed by atoms with Gasteiger partial charge >= 0.3 is 5.97 Å². The minimum absolute atomic E-state index is 0.106. The van der Waals surface area contributed by atoms with Crippen molar-refractivity contribution in [2.24, 2.45) is 0 Å². The van der Waals surface area contributed by atoms with Gasteiger partial charge in [0.2, 0.25) is 0 Å². The second-order valence-electron chi connectivity index (χ2n) is 3.04. The Hall–Kier alpha value is -1.39. The third-order valence-electron chi connectivity index (χ3n) is 2.03. The van der Waals surface area contributed by atoms with Gasteiger partial charge in [0.25, 0.3) is 0 Å². The fourth-order valence-corrected chi connectivity index (χ4v) is 1.32. The fourth-order valence-electron chi connectivity index (χ4n) is 1.32. The lowest BCUT2D eigenvalue weighted by atomic mass is 10.2. The van der Waals surface area contributed by atoms with Gasteiger partial charge in [0, 0.05) is 5.56 Å². The smallest absolute Gasteiger partial charge is 0.335 e. The van der Waals surface area contributed by atoms with Gasteiger partial charge in [-0.25, -0.2) is 4.79 Å². The summed E-state index contributed by atoms with van der Waals surface area (Å²) in [6.45, 7) is 0.106. The number of aliphatic carboxylic acids is 1. The number of carboxylic acid groups (broad SMARTS) is 1. The molecular weight excluding hydrogens is 184 g/mol. The van der Waals surface area contributed by atoms with Crippen molar-refractivity contribution < 1.29 is 19.4 Å². The van der Waals surface area contributed by atoms with E-state index in [9.17, 15) is 4.79 Å². The normalized spacial score (nSPS) is 26.3. The largest absolute Gasteiger partial charge is 0.479 e. The minimum Gasteiger partial charge on any atom is -0.479 e. The summed E-state index contributed by atoms with van der Waals surface area (Å²) in [5, 5.41) is 8.67. The number of hydrogen-bond donors (Lipinski definition) is 1. The average molecular weight is 194 g/mol. The highest BCUT2D eigenvalue weighted by Crippen LogP contribution is 2.26. The first-order valence-electron chi connectivity index (χ1n) is 4.32. The molecule has 0 radical (unpaired) electrons. The molecule has 14 heavy (non-hydrogen) atoms. The first-order valence-corrected chi connectivity index (χ1v) is 4.32. The zero-order valence-corrected chi connectivity index (χ0v) is 7.42. The number of benzene rings is 1. The second-order valence-corrected chi connectivity index (χ2v) is 3.04. The zero-order valence-electron chi connectivity index (χ0n) is 7.42. The Morgan fingerprint density at radius 1 is 1.36 bits per heavy atom. The number of carbonyl (C=O) groups is 1. The monoisotopic (exact) mass is 194 g/mol. The lowest BCUT2D eigenvalue weighted by Crippen LogP contribution is -2.21. The van der Waals surface area contributed by atoms with Gasteiger partial charge in [-0.1, -0.05) is 30.3 Å². The molecule has 1 aromatic rings. The van der Waals surface area contributed by atoms with Gasteiger partial charge in [0.05, 0.1) is 6.61 Å². The van der Waals surface area contributed by atoms with E-state index >= 15 is 0 Å². The highest BCUT2D eigenvalue weighted by atomic mass is 16.7. The minimum atomic E-state index is -0.983. The van der Waals surface area contributed by atoms with Crippen LogP contribution in [0, 0.1) is 0 Å². The molecule has 1 N–H and O–H groups in total. The molecule has 0 aliphatic carbocycles. The van der Waals surface area contributed by atoms with Crippen LogP contribution in [0.1, 0.15) is 11.9 Å². The second kappa shape index (κ2) is 3.77. The molecule has 1 heterocycles. The van der Waals surface area contributed by atoms with Gasteiger partial charge in [-0.3, -0.25) is 0 Å². The summed E-state index contributed by atoms with van der Waals surface area (Å²) in [4.78, 5) is 10.6. The molecule has 1 aliphatic rings. The van der Waals surface area contributed by atoms with E-state index < -0.39 is 18.4 Å². The standard InChI is InChI=1S/C10H10O4/c11-9(12)8-6-13-10(14-8)7-4-2-1-3-5-7/h1-5,8,10H,6H2,(H,11,12). The maximum atomic E-state index is 10.6. The van der Waals surface area contributed by atoms with Crippen LogP contribution in [-0.4, -0.2) is 23.8 Å². The van der Waals surface area contributed by atoms with Crippen molar-refractivity contribution in [1.82, 2.24) is 0 Å². The highest BCUT2D eigenvalue weighted by Gasteiger charge is 2.31. The quantitative estimate of drug-likeness (QED) is 0.768. The van der Waals surface area contributed by atoms with Crippen molar-refractivity contribution in [2.75, 3.05) is 6.61 Å². The van der Waals surface area contributed by atoms with Gasteiger partial charge in [-0.15, -0.1) is 0 Å². The molecule has 1 aromatic carbocycles. The van der Waals surface area contributed by atoms with Crippen molar-refractivity contribution in [3.63, 3.8) is 0 Å². The first kappa shape index (κ1) is 9.18. The van der Waals surface area contributed by atoms with E-state index in [0.717, 1.165) is 5.56 Å². The summed E-state index contributed by atoms with van der Waals surface area (Å²) >= 11 is 0. The van der Waals surface area contributed by atoms with E-state index in [1.54, 1.807) is 0 Å². The first-order chi connectivity index (χ1) is 6.77. The third kappa shape index (κ3) is 1.76. The summed E-state index contributed by atoms with van der Waals surface area (Å²) < 4.78 is 10.4. The van der Waals surface area contributed by atoms with Crippen LogP contribution < -0.4 is 0 Å². The Kier molecular flexibility index (Phi) is 2.47. The Labute approximate surface area is 81.1 Å². The van der Waals surface area contributed by atoms with Crippen molar-refractivity contribution in [3.8, 4) is 0 Å². The molecule has 2 atom stereocenters. The molecule has 4 nitrogen and oxygen atoms in total. The molecule has 0 aromatic heterocycles. The number of carboxylic acids is 1. The molecule has 74 valence electrons. The average Bonchev–Trinajstić information content (AvgIpc) is 2.68. The van der Waals surface area contributed by atoms with Gasteiger partial charge in [-0.2, -0.15) is 0 Å². The summed E-state index contributed by atoms with van der Waals surface area (Å²) in [5.41, 5.74) is 0.844. The molecule has 1 saturated heterocycles. The Morgan fingerprint density at radius 3 is 2.64 bits per heavy atom. The van der Waals surface area contributed by atoms with E-state index in [1.165, 1.54) is 0 Å². The van der Waals surface area contributed by atoms with Crippen LogP contribution in [0.4, 0.5) is 0 Å². The van der Waals surface area contributed by atoms with Crippen LogP contribution in [0.2, 0.25) is 0 Å². The molecule has 0 bridgehead atoms. The molecular formula is C10H10O4. The number of hydrogen-bond acceptors (Lipinski definition) is 3. The molecule has 1 fully saturated rings. The van der Waals surface area contributed by atoms with Crippen LogP contribution in [0.25, 0.3) is 0 Å². The lowest BCUT2D eigenvalue weighted by Gasteiger charge is -2.08. The van der Waals surface area contributed by atoms with Gasteiger partial charge in [0.1, 0.15) is 0 Å². The summed E-state index contributed by atoms with van der Waals surface area (Å²) in [6, 6.07) is 9.28. The third-order valence-corrected chi connectivity index (χ3v) is 2.03. The van der Waals surface area contributed by atoms with E-state index in [-0.39, 0.29) is 6.61 Å². The van der Waals surface area contributed by atoms with Gasteiger partial charge in [-0.05, 0) is 0 Å². The van der Waals surface area contributed by atoms with Crippen LogP contribution in [0.15, 0.2) is 30.3 Å². The highest BCUT2D eigenvalue weighted by molar-refractivity contribution is 5.72. The molecule has 1 aliphatic heterocycles. The molecule has 2 unspecified atom stereocenters. The van der Waals surface area contributed by atoms with E-state index in [0.29, 0.717) is 0 Å². The maximum absolute atomic E-state index is 10.6. The van der Waals surface area contributed by atoms with Crippen LogP contribution in [0.3, 0.4) is 0 Å². The Bertz CT molecular complexity index is 322. The molecule has 0 amide bonds. The summed E-state index contributed by atoms with van der Waals surface area (Å²) in [7, 11) is 0. The zero-order chi connectivity index (χ0) is 9.97. The van der Waals surface area contributed by atoms with Crippen molar-refractivity contribution in [1.29, 1.82) is 0 Å². The number of rotatable bonds is 2. The fraction of sp³-hybridized carbons (Fsp3) is 0.300. The molecule has 2 rings (SSSR count). The Balaban J connectivity index is 2.06. The van der Waals surface area contributed by atoms with Crippen molar-refractivity contribution in [3.05, 3.63) is 35.9 Å². The van der Waals surface area contributed by atoms with E-state index in [4.69, 9.17) is 14.6 Å². The molecule has 0 saturated carbocycles. The van der Waals surface area contributed by atoms with E-state index in [2.05, 4.69) is 0 Å². The summed E-state index contributed by atoms with van der Waals surface area (Å²) in [6.07, 6.45) is -1.39. The topological polar surface area (TPSA) is 55.8 Å². The SMILES string of the molecule is O=C(O)C1COC(c2ccccc2)O1. The molecule has 0 spiro atoms. The van der Waals surface area contributed by atoms with Crippen molar-refractivity contribution >= 4 is 5.97 Å². The number of ether oxygens (including phenoxy) is 2. The predicted molar refractivity (Wildman–Crippen MR) is 47.6 cm³/mol. The maximum Gasteiger partial charge on any atom is 0.335 e.